The molecule has 3 rings (SSSR count). The lowest BCUT2D eigenvalue weighted by atomic mass is 10.1. The van der Waals surface area contributed by atoms with Crippen molar-refractivity contribution in [2.75, 3.05) is 18.8 Å². The number of carbonyl (C=O) groups is 2. The molecule has 2 heterocycles. The quantitative estimate of drug-likeness (QED) is 0.798. The lowest BCUT2D eigenvalue weighted by Gasteiger charge is -2.30. The van der Waals surface area contributed by atoms with Crippen molar-refractivity contribution in [1.82, 2.24) is 9.80 Å². The fraction of sp³-hybridized carbons (Fsp3) is 0.867. The summed E-state index contributed by atoms with van der Waals surface area (Å²) < 4.78 is 0. The fourth-order valence-electron chi connectivity index (χ4n) is 3.93. The van der Waals surface area contributed by atoms with Crippen molar-refractivity contribution >= 4 is 23.6 Å². The van der Waals surface area contributed by atoms with Crippen molar-refractivity contribution in [1.29, 1.82) is 0 Å². The van der Waals surface area contributed by atoms with Crippen LogP contribution in [0, 0.1) is 0 Å². The Balaban J connectivity index is 1.70. The van der Waals surface area contributed by atoms with E-state index in [1.54, 1.807) is 0 Å². The predicted molar refractivity (Wildman–Crippen MR) is 80.6 cm³/mol. The Morgan fingerprint density at radius 1 is 1.15 bits per heavy atom. The average molecular weight is 296 g/mol. The predicted octanol–water partition coefficient (Wildman–Crippen LogP) is 1.88. The molecule has 0 bridgehead atoms. The summed E-state index contributed by atoms with van der Waals surface area (Å²) in [5.41, 5.74) is 0. The molecule has 20 heavy (non-hydrogen) atoms. The molecular weight excluding hydrogens is 272 g/mol. The van der Waals surface area contributed by atoms with Crippen LogP contribution in [0.25, 0.3) is 0 Å². The van der Waals surface area contributed by atoms with Crippen molar-refractivity contribution in [3.63, 3.8) is 0 Å². The highest BCUT2D eigenvalue weighted by molar-refractivity contribution is 7.99. The molecule has 2 amide bonds. The standard InChI is InChI=1S/C15H24N2O2S/c1-2-20-12-6-5-11(10-12)16-9-7-14(18)17-8-3-4-13(17)15(16)19/h11-13H,2-10H2,1H3. The summed E-state index contributed by atoms with van der Waals surface area (Å²) in [6, 6.07) is 0.225. The van der Waals surface area contributed by atoms with Gasteiger partial charge in [-0.25, -0.2) is 0 Å². The first kappa shape index (κ1) is 14.2. The van der Waals surface area contributed by atoms with E-state index < -0.39 is 0 Å². The Hall–Kier alpha value is -0.710. The number of nitrogens with zero attached hydrogens (tertiary/aromatic N) is 2. The van der Waals surface area contributed by atoms with Gasteiger partial charge in [0.2, 0.25) is 11.8 Å². The summed E-state index contributed by atoms with van der Waals surface area (Å²) in [6.45, 7) is 3.62. The van der Waals surface area contributed by atoms with Crippen LogP contribution in [-0.4, -0.2) is 57.8 Å². The highest BCUT2D eigenvalue weighted by atomic mass is 32.2. The van der Waals surface area contributed by atoms with Crippen LogP contribution in [0.3, 0.4) is 0 Å². The van der Waals surface area contributed by atoms with Crippen LogP contribution < -0.4 is 0 Å². The number of carbonyl (C=O) groups excluding carboxylic acids is 2. The van der Waals surface area contributed by atoms with Crippen LogP contribution in [0.2, 0.25) is 0 Å². The number of hydrogen-bond acceptors (Lipinski definition) is 3. The van der Waals surface area contributed by atoms with Crippen LogP contribution in [0.15, 0.2) is 0 Å². The molecule has 0 aromatic carbocycles. The van der Waals surface area contributed by atoms with Gasteiger partial charge in [-0.1, -0.05) is 6.92 Å². The monoisotopic (exact) mass is 296 g/mol. The average Bonchev–Trinajstić information content (AvgIpc) is 3.06. The molecule has 2 aliphatic heterocycles. The Labute approximate surface area is 125 Å². The maximum atomic E-state index is 12.7. The summed E-state index contributed by atoms with van der Waals surface area (Å²) in [7, 11) is 0. The summed E-state index contributed by atoms with van der Waals surface area (Å²) in [5.74, 6) is 1.56. The molecule has 0 aromatic rings. The van der Waals surface area contributed by atoms with E-state index in [2.05, 4.69) is 6.92 Å². The molecule has 1 saturated carbocycles. The number of rotatable bonds is 3. The zero-order valence-electron chi connectivity index (χ0n) is 12.2. The first-order chi connectivity index (χ1) is 9.70. The topological polar surface area (TPSA) is 40.6 Å². The Morgan fingerprint density at radius 3 is 2.80 bits per heavy atom. The summed E-state index contributed by atoms with van der Waals surface area (Å²) in [5, 5.41) is 0.705. The zero-order valence-corrected chi connectivity index (χ0v) is 13.0. The third kappa shape index (κ3) is 2.57. The smallest absolute Gasteiger partial charge is 0.245 e. The molecule has 0 N–H and O–H groups in total. The fourth-order valence-corrected chi connectivity index (χ4v) is 5.07. The normalized spacial score (nSPS) is 34.5. The first-order valence-electron chi connectivity index (χ1n) is 7.92. The van der Waals surface area contributed by atoms with E-state index in [1.165, 1.54) is 6.42 Å². The van der Waals surface area contributed by atoms with Gasteiger partial charge in [0.15, 0.2) is 0 Å². The lowest BCUT2D eigenvalue weighted by Crippen LogP contribution is -2.47. The Morgan fingerprint density at radius 2 is 2.00 bits per heavy atom. The van der Waals surface area contributed by atoms with Gasteiger partial charge in [0.25, 0.3) is 0 Å². The van der Waals surface area contributed by atoms with Crippen molar-refractivity contribution in [3.05, 3.63) is 0 Å². The maximum absolute atomic E-state index is 12.7. The molecule has 3 fully saturated rings. The van der Waals surface area contributed by atoms with Gasteiger partial charge in [-0.2, -0.15) is 11.8 Å². The minimum atomic E-state index is -0.150. The van der Waals surface area contributed by atoms with Crippen LogP contribution in [-0.2, 0) is 9.59 Å². The highest BCUT2D eigenvalue weighted by Gasteiger charge is 2.42. The van der Waals surface area contributed by atoms with Gasteiger partial charge in [0, 0.05) is 30.8 Å². The number of hydrogen-bond donors (Lipinski definition) is 0. The molecule has 3 aliphatic rings. The van der Waals surface area contributed by atoms with Gasteiger partial charge < -0.3 is 9.80 Å². The largest absolute Gasteiger partial charge is 0.337 e. The summed E-state index contributed by atoms with van der Waals surface area (Å²) >= 11 is 2.02. The van der Waals surface area contributed by atoms with Crippen LogP contribution in [0.1, 0.15) is 45.4 Å². The van der Waals surface area contributed by atoms with E-state index in [1.807, 2.05) is 21.6 Å². The Kier molecular flexibility index (Phi) is 4.24. The van der Waals surface area contributed by atoms with E-state index in [4.69, 9.17) is 0 Å². The number of fused-ring (bicyclic) bond motifs is 1. The second-order valence-corrected chi connectivity index (χ2v) is 7.65. The van der Waals surface area contributed by atoms with Gasteiger partial charge in [0.05, 0.1) is 0 Å². The van der Waals surface area contributed by atoms with Gasteiger partial charge in [-0.3, -0.25) is 9.59 Å². The third-order valence-corrected chi connectivity index (χ3v) is 6.14. The molecule has 0 radical (unpaired) electrons. The molecule has 112 valence electrons. The lowest BCUT2D eigenvalue weighted by molar-refractivity contribution is -0.140. The molecule has 5 heteroatoms. The molecule has 1 aliphatic carbocycles. The number of amides is 2. The van der Waals surface area contributed by atoms with Gasteiger partial charge in [-0.05, 0) is 37.9 Å². The second-order valence-electron chi connectivity index (χ2n) is 6.07. The van der Waals surface area contributed by atoms with E-state index >= 15 is 0 Å². The highest BCUT2D eigenvalue weighted by Crippen LogP contribution is 2.34. The van der Waals surface area contributed by atoms with Crippen LogP contribution in [0.5, 0.6) is 0 Å². The molecule has 3 unspecified atom stereocenters. The molecule has 4 nitrogen and oxygen atoms in total. The van der Waals surface area contributed by atoms with E-state index in [0.717, 1.165) is 38.0 Å². The molecule has 0 aromatic heterocycles. The van der Waals surface area contributed by atoms with E-state index in [0.29, 0.717) is 24.3 Å². The van der Waals surface area contributed by atoms with Crippen LogP contribution in [0.4, 0.5) is 0 Å². The van der Waals surface area contributed by atoms with Crippen molar-refractivity contribution in [2.24, 2.45) is 0 Å². The van der Waals surface area contributed by atoms with Crippen LogP contribution >= 0.6 is 11.8 Å². The van der Waals surface area contributed by atoms with Gasteiger partial charge in [-0.15, -0.1) is 0 Å². The molecule has 0 spiro atoms. The SMILES string of the molecule is CCSC1CCC(N2CCC(=O)N3CCCC3C2=O)C1. The van der Waals surface area contributed by atoms with E-state index in [9.17, 15) is 9.59 Å². The van der Waals surface area contributed by atoms with Gasteiger partial charge in [0.1, 0.15) is 6.04 Å². The van der Waals surface area contributed by atoms with Gasteiger partial charge >= 0.3 is 0 Å². The molecule has 2 saturated heterocycles. The molecular formula is C15H24N2O2S. The first-order valence-corrected chi connectivity index (χ1v) is 8.97. The maximum Gasteiger partial charge on any atom is 0.245 e. The summed E-state index contributed by atoms with van der Waals surface area (Å²) in [6.07, 6.45) is 5.81. The van der Waals surface area contributed by atoms with Crippen molar-refractivity contribution < 1.29 is 9.59 Å². The summed E-state index contributed by atoms with van der Waals surface area (Å²) in [4.78, 5) is 28.7. The minimum absolute atomic E-state index is 0.150. The van der Waals surface area contributed by atoms with E-state index in [-0.39, 0.29) is 17.9 Å². The minimum Gasteiger partial charge on any atom is -0.337 e. The third-order valence-electron chi connectivity index (χ3n) is 4.91. The van der Waals surface area contributed by atoms with Crippen molar-refractivity contribution in [2.45, 2.75) is 62.8 Å². The number of thioether (sulfide) groups is 1. The molecule has 3 atom stereocenters. The zero-order chi connectivity index (χ0) is 14.1. The van der Waals surface area contributed by atoms with Crippen molar-refractivity contribution in [3.8, 4) is 0 Å². The second kappa shape index (κ2) is 5.96. The Bertz CT molecular complexity index is 401.